The lowest BCUT2D eigenvalue weighted by molar-refractivity contribution is -0.362. The van der Waals surface area contributed by atoms with Gasteiger partial charge >= 0.3 is 0 Å². The minimum absolute atomic E-state index is 0.247. The van der Waals surface area contributed by atoms with Crippen LogP contribution in [0.15, 0.2) is 0 Å². The smallest absolute Gasteiger partial charge is 0.187 e. The van der Waals surface area contributed by atoms with Gasteiger partial charge in [-0.25, -0.2) is 0 Å². The molecule has 2 saturated heterocycles. The molecular weight excluding hydrogens is 488 g/mol. The molecule has 7 N–H and O–H groups in total. The topological polar surface area (TPSA) is 179 Å². The minimum atomic E-state index is -1.70. The van der Waals surface area contributed by atoms with Crippen LogP contribution in [0.4, 0.5) is 0 Å². The van der Waals surface area contributed by atoms with Gasteiger partial charge in [0.25, 0.3) is 0 Å². The molecule has 0 aromatic carbocycles. The average Bonchev–Trinajstić information content (AvgIpc) is 2.89. The molecule has 2 aliphatic rings. The molecule has 0 bridgehead atoms. The third kappa shape index (κ3) is 9.91. The fourth-order valence-corrected chi connectivity index (χ4v) is 4.88. The molecule has 0 aromatic rings. The summed E-state index contributed by atoms with van der Waals surface area (Å²) in [4.78, 5) is 0. The Balaban J connectivity index is 1.77. The van der Waals surface area contributed by atoms with Crippen LogP contribution in [-0.4, -0.2) is 116 Å². The van der Waals surface area contributed by atoms with Gasteiger partial charge in [-0.3, -0.25) is 0 Å². The maximum atomic E-state index is 10.7. The van der Waals surface area contributed by atoms with Crippen LogP contribution in [-0.2, 0) is 18.9 Å². The summed E-state index contributed by atoms with van der Waals surface area (Å²) < 4.78 is 22.4. The third-order valence-corrected chi connectivity index (χ3v) is 7.29. The van der Waals surface area contributed by atoms with Crippen LogP contribution in [0.2, 0.25) is 0 Å². The largest absolute Gasteiger partial charge is 0.394 e. The Hall–Kier alpha value is -0.440. The van der Waals surface area contributed by atoms with Gasteiger partial charge in [-0.05, 0) is 13.3 Å². The summed E-state index contributed by atoms with van der Waals surface area (Å²) in [6.07, 6.45) is -1.65. The molecule has 220 valence electrons. The summed E-state index contributed by atoms with van der Waals surface area (Å²) in [5.74, 6) is 0. The van der Waals surface area contributed by atoms with E-state index in [4.69, 9.17) is 18.9 Å². The fraction of sp³-hybridized carbons (Fsp3) is 1.00. The number of rotatable bonds is 17. The zero-order chi connectivity index (χ0) is 27.4. The summed E-state index contributed by atoms with van der Waals surface area (Å²) >= 11 is 0. The van der Waals surface area contributed by atoms with E-state index in [1.807, 2.05) is 6.92 Å². The summed E-state index contributed by atoms with van der Waals surface area (Å²) in [5.41, 5.74) is 0. The van der Waals surface area contributed by atoms with E-state index >= 15 is 0 Å². The molecule has 2 aliphatic heterocycles. The molecule has 2 fully saturated rings. The van der Waals surface area contributed by atoms with Crippen molar-refractivity contribution in [1.82, 2.24) is 0 Å². The van der Waals surface area contributed by atoms with Gasteiger partial charge in [0.2, 0.25) is 0 Å². The highest BCUT2D eigenvalue weighted by atomic mass is 16.7. The first kappa shape index (κ1) is 32.8. The lowest BCUT2D eigenvalue weighted by Crippen LogP contribution is -2.64. The Labute approximate surface area is 220 Å². The van der Waals surface area contributed by atoms with E-state index in [-0.39, 0.29) is 6.10 Å². The van der Waals surface area contributed by atoms with Crippen molar-refractivity contribution < 1.29 is 54.7 Å². The maximum Gasteiger partial charge on any atom is 0.187 e. The van der Waals surface area contributed by atoms with Gasteiger partial charge in [0, 0.05) is 0 Å². The van der Waals surface area contributed by atoms with Gasteiger partial charge in [-0.2, -0.15) is 0 Å². The second-order valence-corrected chi connectivity index (χ2v) is 10.4. The molecule has 0 radical (unpaired) electrons. The first-order valence-electron chi connectivity index (χ1n) is 14.0. The Bertz CT molecular complexity index is 593. The summed E-state index contributed by atoms with van der Waals surface area (Å²) in [5, 5.41) is 70.6. The molecule has 0 saturated carbocycles. The molecule has 0 amide bonds. The Morgan fingerprint density at radius 3 is 1.70 bits per heavy atom. The predicted molar refractivity (Wildman–Crippen MR) is 133 cm³/mol. The van der Waals surface area contributed by atoms with E-state index in [0.29, 0.717) is 0 Å². The van der Waals surface area contributed by atoms with E-state index in [9.17, 15) is 35.7 Å². The highest BCUT2D eigenvalue weighted by Gasteiger charge is 2.50. The second kappa shape index (κ2) is 17.3. The SMILES string of the molecule is CCCCCCCCCCCCC(C)OC1OC(CO)C(OC2OC(CO)C(O)C(O)C2O)C(O)C1O. The number of ether oxygens (including phenoxy) is 4. The number of aliphatic hydroxyl groups is 7. The van der Waals surface area contributed by atoms with E-state index < -0.39 is 74.6 Å². The maximum absolute atomic E-state index is 10.7. The first-order valence-corrected chi connectivity index (χ1v) is 14.0. The van der Waals surface area contributed by atoms with Gasteiger partial charge in [0.05, 0.1) is 19.3 Å². The summed E-state index contributed by atoms with van der Waals surface area (Å²) in [6, 6.07) is 0. The highest BCUT2D eigenvalue weighted by molar-refractivity contribution is 4.94. The average molecular weight is 539 g/mol. The van der Waals surface area contributed by atoms with Crippen molar-refractivity contribution in [3.05, 3.63) is 0 Å². The van der Waals surface area contributed by atoms with Crippen molar-refractivity contribution in [2.75, 3.05) is 13.2 Å². The Morgan fingerprint density at radius 2 is 1.14 bits per heavy atom. The van der Waals surface area contributed by atoms with Crippen molar-refractivity contribution in [2.24, 2.45) is 0 Å². The fourth-order valence-electron chi connectivity index (χ4n) is 4.88. The van der Waals surface area contributed by atoms with Crippen LogP contribution in [0.25, 0.3) is 0 Å². The van der Waals surface area contributed by atoms with Crippen molar-refractivity contribution in [3.63, 3.8) is 0 Å². The zero-order valence-electron chi connectivity index (χ0n) is 22.3. The lowest BCUT2D eigenvalue weighted by atomic mass is 9.97. The van der Waals surface area contributed by atoms with Crippen LogP contribution in [0, 0.1) is 0 Å². The molecule has 11 heteroatoms. The van der Waals surface area contributed by atoms with Crippen molar-refractivity contribution in [3.8, 4) is 0 Å². The molecule has 11 atom stereocenters. The summed E-state index contributed by atoms with van der Waals surface area (Å²) in [6.45, 7) is 2.85. The van der Waals surface area contributed by atoms with Crippen molar-refractivity contribution >= 4 is 0 Å². The number of hydrogen-bond acceptors (Lipinski definition) is 11. The van der Waals surface area contributed by atoms with Crippen LogP contribution < -0.4 is 0 Å². The minimum Gasteiger partial charge on any atom is -0.394 e. The van der Waals surface area contributed by atoms with Crippen molar-refractivity contribution in [2.45, 2.75) is 152 Å². The van der Waals surface area contributed by atoms with E-state index in [0.717, 1.165) is 19.3 Å². The third-order valence-electron chi connectivity index (χ3n) is 7.29. The number of aliphatic hydroxyl groups excluding tert-OH is 7. The molecule has 2 heterocycles. The molecule has 2 rings (SSSR count). The van der Waals surface area contributed by atoms with Gasteiger partial charge in [0.15, 0.2) is 12.6 Å². The highest BCUT2D eigenvalue weighted by Crippen LogP contribution is 2.30. The predicted octanol–water partition coefficient (Wildman–Crippen LogP) is 0.327. The molecular formula is C26H50O11. The standard InChI is InChI=1S/C26H50O11/c1-3-4-5-6-7-8-9-10-11-12-13-16(2)34-25-23(33)21(31)24(18(15-28)36-25)37-26-22(32)20(30)19(29)17(14-27)35-26/h16-33H,3-15H2,1-2H3. The monoisotopic (exact) mass is 538 g/mol. The number of hydrogen-bond donors (Lipinski definition) is 7. The molecule has 11 nitrogen and oxygen atoms in total. The molecule has 0 spiro atoms. The molecule has 0 aliphatic carbocycles. The Morgan fingerprint density at radius 1 is 0.622 bits per heavy atom. The molecule has 37 heavy (non-hydrogen) atoms. The van der Waals surface area contributed by atoms with Gasteiger partial charge in [-0.1, -0.05) is 71.1 Å². The van der Waals surface area contributed by atoms with E-state index in [1.165, 1.54) is 51.4 Å². The normalized spacial score (nSPS) is 37.5. The number of unbranched alkanes of at least 4 members (excludes halogenated alkanes) is 9. The molecule has 0 aromatic heterocycles. The molecule has 11 unspecified atom stereocenters. The Kier molecular flexibility index (Phi) is 15.3. The quantitative estimate of drug-likeness (QED) is 0.127. The van der Waals surface area contributed by atoms with Crippen molar-refractivity contribution in [1.29, 1.82) is 0 Å². The van der Waals surface area contributed by atoms with Gasteiger partial charge in [0.1, 0.15) is 48.8 Å². The summed E-state index contributed by atoms with van der Waals surface area (Å²) in [7, 11) is 0. The van der Waals surface area contributed by atoms with Gasteiger partial charge < -0.3 is 54.7 Å². The van der Waals surface area contributed by atoms with Crippen LogP contribution >= 0.6 is 0 Å². The van der Waals surface area contributed by atoms with Crippen LogP contribution in [0.1, 0.15) is 84.5 Å². The van der Waals surface area contributed by atoms with E-state index in [2.05, 4.69) is 6.92 Å². The van der Waals surface area contributed by atoms with Crippen LogP contribution in [0.3, 0.4) is 0 Å². The van der Waals surface area contributed by atoms with Crippen LogP contribution in [0.5, 0.6) is 0 Å². The zero-order valence-corrected chi connectivity index (χ0v) is 22.3. The first-order chi connectivity index (χ1) is 17.7. The van der Waals surface area contributed by atoms with E-state index in [1.54, 1.807) is 0 Å². The van der Waals surface area contributed by atoms with Gasteiger partial charge in [-0.15, -0.1) is 0 Å². The second-order valence-electron chi connectivity index (χ2n) is 10.4. The lowest BCUT2D eigenvalue weighted by Gasteiger charge is -2.46.